The van der Waals surface area contributed by atoms with Gasteiger partial charge in [0.05, 0.1) is 22.7 Å². The van der Waals surface area contributed by atoms with Crippen LogP contribution < -0.4 is 9.80 Å². The highest BCUT2D eigenvalue weighted by atomic mass is 32.1. The first-order chi connectivity index (χ1) is 41.3. The van der Waals surface area contributed by atoms with Gasteiger partial charge in [0.15, 0.2) is 0 Å². The molecule has 12 aromatic carbocycles. The highest BCUT2D eigenvalue weighted by Gasteiger charge is 2.31. The van der Waals surface area contributed by atoms with Crippen molar-refractivity contribution in [3.63, 3.8) is 0 Å². The third-order valence-electron chi connectivity index (χ3n) is 19.5. The van der Waals surface area contributed by atoms with Gasteiger partial charge in [-0.2, -0.15) is 0 Å². The number of benzene rings is 12. The van der Waals surface area contributed by atoms with Crippen molar-refractivity contribution in [1.29, 1.82) is 0 Å². The van der Waals surface area contributed by atoms with Gasteiger partial charge in [0.1, 0.15) is 0 Å². The maximum Gasteiger partial charge on any atom is 0.0543 e. The van der Waals surface area contributed by atoms with Crippen LogP contribution in [0.25, 0.3) is 94.9 Å². The maximum atomic E-state index is 2.66. The van der Waals surface area contributed by atoms with E-state index in [1.165, 1.54) is 227 Å². The van der Waals surface area contributed by atoms with Crippen LogP contribution in [0, 0.1) is 27.7 Å². The van der Waals surface area contributed by atoms with Gasteiger partial charge in [-0.3, -0.25) is 0 Å². The number of nitrogens with zero attached hydrogens (tertiary/aromatic N) is 2. The van der Waals surface area contributed by atoms with Crippen molar-refractivity contribution >= 4 is 129 Å². The molecule has 16 rings (SSSR count). The molecule has 84 heavy (non-hydrogen) atoms. The zero-order valence-electron chi connectivity index (χ0n) is 48.6. The molecule has 0 radical (unpaired) electrons. The summed E-state index contributed by atoms with van der Waals surface area (Å²) < 4.78 is 5.37. The molecule has 4 heteroatoms. The van der Waals surface area contributed by atoms with Gasteiger partial charge in [0.25, 0.3) is 0 Å². The number of anilines is 6. The Morgan fingerprint density at radius 2 is 0.679 bits per heavy atom. The van der Waals surface area contributed by atoms with Crippen LogP contribution in [0.1, 0.15) is 109 Å². The lowest BCUT2D eigenvalue weighted by Crippen LogP contribution is -2.16. The second kappa shape index (κ2) is 20.8. The van der Waals surface area contributed by atoms with E-state index in [0.29, 0.717) is 11.8 Å². The predicted octanol–water partition coefficient (Wildman–Crippen LogP) is 24.9. The molecule has 410 valence electrons. The Bertz CT molecular complexity index is 4500. The van der Waals surface area contributed by atoms with Crippen molar-refractivity contribution in [1.82, 2.24) is 0 Å². The van der Waals surface area contributed by atoms with Gasteiger partial charge < -0.3 is 9.80 Å². The molecule has 2 aliphatic rings. The van der Waals surface area contributed by atoms with Crippen LogP contribution in [0.4, 0.5) is 34.1 Å². The monoisotopic (exact) mass is 1120 g/mol. The Labute approximate surface area is 501 Å². The van der Waals surface area contributed by atoms with Crippen molar-refractivity contribution in [2.75, 3.05) is 9.80 Å². The summed E-state index contributed by atoms with van der Waals surface area (Å²) in [5, 5.41) is 13.7. The topological polar surface area (TPSA) is 6.48 Å². The molecule has 0 aliphatic heterocycles. The number of para-hydroxylation sites is 2. The summed E-state index contributed by atoms with van der Waals surface area (Å²) in [6.45, 7) is 9.24. The number of hydrogen-bond donors (Lipinski definition) is 0. The number of hydrogen-bond acceptors (Lipinski definition) is 4. The second-order valence-corrected chi connectivity index (χ2v) is 26.6. The van der Waals surface area contributed by atoms with Gasteiger partial charge >= 0.3 is 0 Å². The van der Waals surface area contributed by atoms with E-state index < -0.39 is 0 Å². The minimum Gasteiger partial charge on any atom is -0.309 e. The van der Waals surface area contributed by atoms with Gasteiger partial charge in [-0.25, -0.2) is 0 Å². The molecule has 0 spiro atoms. The Hall–Kier alpha value is -8.28. The number of aryl methyl sites for hydroxylation is 4. The maximum absolute atomic E-state index is 2.66. The first-order valence-corrected chi connectivity index (χ1v) is 32.5. The van der Waals surface area contributed by atoms with Crippen molar-refractivity contribution in [2.24, 2.45) is 0 Å². The van der Waals surface area contributed by atoms with E-state index in [9.17, 15) is 0 Å². The van der Waals surface area contributed by atoms with Gasteiger partial charge in [0.2, 0.25) is 0 Å². The highest BCUT2D eigenvalue weighted by molar-refractivity contribution is 7.26. The molecular formula is C80H68N2S2. The molecule has 0 bridgehead atoms. The lowest BCUT2D eigenvalue weighted by Gasteiger charge is -2.34. The summed E-state index contributed by atoms with van der Waals surface area (Å²) in [7, 11) is 0. The van der Waals surface area contributed by atoms with E-state index in [1.54, 1.807) is 0 Å². The summed E-state index contributed by atoms with van der Waals surface area (Å²) in [5.41, 5.74) is 20.6. The Morgan fingerprint density at radius 3 is 1.08 bits per heavy atom. The van der Waals surface area contributed by atoms with Crippen LogP contribution >= 0.6 is 22.7 Å². The Morgan fingerprint density at radius 1 is 0.321 bits per heavy atom. The minimum absolute atomic E-state index is 0.478. The van der Waals surface area contributed by atoms with E-state index in [0.717, 1.165) is 0 Å². The van der Waals surface area contributed by atoms with E-state index in [1.807, 2.05) is 22.7 Å². The van der Waals surface area contributed by atoms with Crippen molar-refractivity contribution in [3.05, 3.63) is 240 Å². The zero-order valence-corrected chi connectivity index (χ0v) is 50.2. The molecule has 0 N–H and O–H groups in total. The fourth-order valence-corrected chi connectivity index (χ4v) is 18.0. The standard InChI is InChI=1S/C80H68N2S2/c1-49-19-15-20-50(2)77(49)81(57-39-35-55(36-40-57)59-29-17-31-65-61-27-11-13-33-73(61)83-79(59)65)71-47-69(53-23-7-5-8-24-53)63-44-46-68-72(48-70(54-25-9-6-10-26-54)64-43-45-67(71)75(63)76(64)68)82(78-51(3)21-16-22-52(78)4)58-41-37-56(38-42-58)60-30-18-32-66-62-28-12-14-34-74(62)84-80(60)66/h11-22,27-48,53-54H,5-10,23-26H2,1-4H3. The molecule has 0 unspecified atom stereocenters. The summed E-state index contributed by atoms with van der Waals surface area (Å²) in [6.07, 6.45) is 12.6. The zero-order chi connectivity index (χ0) is 56.2. The van der Waals surface area contributed by atoms with Crippen molar-refractivity contribution in [2.45, 2.75) is 104 Å². The van der Waals surface area contributed by atoms with Crippen LogP contribution in [0.5, 0.6) is 0 Å². The van der Waals surface area contributed by atoms with Crippen LogP contribution in [-0.4, -0.2) is 0 Å². The van der Waals surface area contributed by atoms with Gasteiger partial charge in [-0.05, 0) is 191 Å². The Balaban J connectivity index is 0.945. The van der Waals surface area contributed by atoms with Crippen molar-refractivity contribution in [3.8, 4) is 22.3 Å². The molecule has 2 nitrogen and oxygen atoms in total. The third-order valence-corrected chi connectivity index (χ3v) is 21.9. The van der Waals surface area contributed by atoms with E-state index in [4.69, 9.17) is 0 Å². The average Bonchev–Trinajstić information content (AvgIpc) is 1.09. The summed E-state index contributed by atoms with van der Waals surface area (Å²) in [4.78, 5) is 5.30. The number of thiophene rings is 2. The van der Waals surface area contributed by atoms with E-state index in [2.05, 4.69) is 244 Å². The largest absolute Gasteiger partial charge is 0.309 e. The SMILES string of the molecule is Cc1cccc(C)c1N(c1ccc(-c2cccc3c2sc2ccccc23)cc1)c1cc(C2CCCCC2)c2ccc3c(N(c4ccc(-c5cccc6c5sc5ccccc56)cc4)c4c(C)cccc4C)cc(C4CCCCC4)c4ccc1c2c43. The fourth-order valence-electron chi connectivity index (χ4n) is 15.5. The van der Waals surface area contributed by atoms with Crippen LogP contribution in [0.15, 0.2) is 206 Å². The quantitative estimate of drug-likeness (QED) is 0.126. The molecular weight excluding hydrogens is 1050 g/mol. The van der Waals surface area contributed by atoms with Gasteiger partial charge in [-0.1, -0.05) is 196 Å². The first kappa shape index (κ1) is 51.4. The van der Waals surface area contributed by atoms with Crippen LogP contribution in [-0.2, 0) is 0 Å². The predicted molar refractivity (Wildman–Crippen MR) is 367 cm³/mol. The van der Waals surface area contributed by atoms with Crippen LogP contribution in [0.2, 0.25) is 0 Å². The Kier molecular flexibility index (Phi) is 12.7. The van der Waals surface area contributed by atoms with Crippen molar-refractivity contribution < 1.29 is 0 Å². The lowest BCUT2D eigenvalue weighted by molar-refractivity contribution is 0.445. The molecule has 0 amide bonds. The minimum atomic E-state index is 0.478. The fraction of sp³-hybridized carbons (Fsp3) is 0.200. The number of rotatable bonds is 10. The second-order valence-electron chi connectivity index (χ2n) is 24.5. The third kappa shape index (κ3) is 8.38. The molecule has 2 fully saturated rings. The molecule has 2 saturated carbocycles. The molecule has 2 heterocycles. The summed E-state index contributed by atoms with van der Waals surface area (Å²) in [5.74, 6) is 0.956. The van der Waals surface area contributed by atoms with E-state index >= 15 is 0 Å². The lowest BCUT2D eigenvalue weighted by atomic mass is 9.77. The summed E-state index contributed by atoms with van der Waals surface area (Å²) >= 11 is 3.82. The molecule has 0 atom stereocenters. The van der Waals surface area contributed by atoms with Crippen LogP contribution in [0.3, 0.4) is 0 Å². The van der Waals surface area contributed by atoms with E-state index in [-0.39, 0.29) is 0 Å². The number of fused-ring (bicyclic) bond motifs is 6. The first-order valence-electron chi connectivity index (χ1n) is 30.9. The summed E-state index contributed by atoms with van der Waals surface area (Å²) in [6, 6.07) is 79.8. The smallest absolute Gasteiger partial charge is 0.0543 e. The molecule has 2 aliphatic carbocycles. The van der Waals surface area contributed by atoms with Gasteiger partial charge in [-0.15, -0.1) is 22.7 Å². The highest BCUT2D eigenvalue weighted by Crippen LogP contribution is 2.55. The molecule has 14 aromatic rings. The normalized spacial score (nSPS) is 14.6. The molecule has 0 saturated heterocycles. The average molecular weight is 1120 g/mol. The molecule has 2 aromatic heterocycles. The van der Waals surface area contributed by atoms with Gasteiger partial charge in [0, 0.05) is 62.5 Å².